The van der Waals surface area contributed by atoms with Crippen LogP contribution in [0.25, 0.3) is 0 Å². The number of anilines is 1. The molecule has 0 aliphatic rings. The van der Waals surface area contributed by atoms with Crippen molar-refractivity contribution in [2.45, 2.75) is 31.7 Å². The van der Waals surface area contributed by atoms with Crippen molar-refractivity contribution in [2.24, 2.45) is 0 Å². The van der Waals surface area contributed by atoms with Crippen LogP contribution in [0.4, 0.5) is 32.3 Å². The Morgan fingerprint density at radius 2 is 1.55 bits per heavy atom. The quantitative estimate of drug-likeness (QED) is 0.485. The molecule has 0 radical (unpaired) electrons. The Bertz CT molecular complexity index is 806. The lowest BCUT2D eigenvalue weighted by Gasteiger charge is -2.14. The molecule has 0 saturated carbocycles. The summed E-state index contributed by atoms with van der Waals surface area (Å²) in [5, 5.41) is 11.0. The zero-order chi connectivity index (χ0) is 21.7. The minimum Gasteiger partial charge on any atom is -0.490 e. The van der Waals surface area contributed by atoms with Gasteiger partial charge in [-0.25, -0.2) is 9.97 Å². The zero-order valence-electron chi connectivity index (χ0n) is 14.6. The van der Waals surface area contributed by atoms with Gasteiger partial charge in [-0.2, -0.15) is 26.3 Å². The Balaban J connectivity index is 2.02. The monoisotopic (exact) mass is 423 g/mol. The van der Waals surface area contributed by atoms with Gasteiger partial charge in [0.2, 0.25) is 5.95 Å². The van der Waals surface area contributed by atoms with Crippen molar-refractivity contribution in [3.63, 3.8) is 0 Å². The van der Waals surface area contributed by atoms with E-state index in [1.165, 1.54) is 12.4 Å². The van der Waals surface area contributed by atoms with Crippen LogP contribution in [0.5, 0.6) is 5.75 Å². The molecule has 6 nitrogen and oxygen atoms in total. The van der Waals surface area contributed by atoms with Gasteiger partial charge in [0.05, 0.1) is 30.1 Å². The van der Waals surface area contributed by atoms with Crippen molar-refractivity contribution in [2.75, 3.05) is 11.9 Å². The van der Waals surface area contributed by atoms with E-state index in [-0.39, 0.29) is 49.3 Å². The molecule has 12 heteroatoms. The minimum absolute atomic E-state index is 0.0335. The molecule has 1 aromatic heterocycles. The van der Waals surface area contributed by atoms with E-state index < -0.39 is 29.4 Å². The van der Waals surface area contributed by atoms with E-state index in [9.17, 15) is 31.1 Å². The van der Waals surface area contributed by atoms with E-state index in [4.69, 9.17) is 9.84 Å². The first-order valence-corrected chi connectivity index (χ1v) is 8.14. The van der Waals surface area contributed by atoms with Crippen molar-refractivity contribution in [1.29, 1.82) is 0 Å². The number of hydrogen-bond acceptors (Lipinski definition) is 5. The summed E-state index contributed by atoms with van der Waals surface area (Å²) >= 11 is 0. The standard InChI is InChI=1S/C17H15F6N3O3/c18-16(19,20)11-4-10(5-12(6-11)17(21,22)23)7-24-15-25-8-13(9-26-15)29-3-1-2-14(27)28/h4-6,8-9H,1-3,7H2,(H,27,28)(H,24,25,26). The number of rotatable bonds is 8. The molecule has 0 unspecified atom stereocenters. The second-order valence-electron chi connectivity index (χ2n) is 5.86. The van der Waals surface area contributed by atoms with Gasteiger partial charge in [0.15, 0.2) is 5.75 Å². The summed E-state index contributed by atoms with van der Waals surface area (Å²) in [4.78, 5) is 18.1. The van der Waals surface area contributed by atoms with Gasteiger partial charge in [-0.15, -0.1) is 0 Å². The molecule has 1 aromatic carbocycles. The third-order valence-electron chi connectivity index (χ3n) is 3.53. The third-order valence-corrected chi connectivity index (χ3v) is 3.53. The van der Waals surface area contributed by atoms with E-state index in [2.05, 4.69) is 15.3 Å². The largest absolute Gasteiger partial charge is 0.490 e. The van der Waals surface area contributed by atoms with Gasteiger partial charge >= 0.3 is 18.3 Å². The van der Waals surface area contributed by atoms with Crippen LogP contribution in [0.2, 0.25) is 0 Å². The minimum atomic E-state index is -4.92. The van der Waals surface area contributed by atoms with E-state index in [1.807, 2.05) is 0 Å². The summed E-state index contributed by atoms with van der Waals surface area (Å²) in [6.45, 7) is -0.251. The molecule has 0 spiro atoms. The van der Waals surface area contributed by atoms with Crippen LogP contribution in [-0.4, -0.2) is 27.7 Å². The average molecular weight is 423 g/mol. The molecule has 0 aliphatic heterocycles. The highest BCUT2D eigenvalue weighted by Gasteiger charge is 2.36. The Morgan fingerprint density at radius 3 is 2.03 bits per heavy atom. The van der Waals surface area contributed by atoms with Crippen LogP contribution in [0.1, 0.15) is 29.5 Å². The summed E-state index contributed by atoms with van der Waals surface area (Å²) in [5.41, 5.74) is -3.06. The molecule has 158 valence electrons. The average Bonchev–Trinajstić information content (AvgIpc) is 2.62. The van der Waals surface area contributed by atoms with E-state index in [1.54, 1.807) is 0 Å². The molecule has 0 aliphatic carbocycles. The number of halogens is 6. The third kappa shape index (κ3) is 7.12. The lowest BCUT2D eigenvalue weighted by Crippen LogP contribution is -2.13. The van der Waals surface area contributed by atoms with Crippen LogP contribution in [0.15, 0.2) is 30.6 Å². The van der Waals surface area contributed by atoms with Crippen molar-refractivity contribution in [3.05, 3.63) is 47.3 Å². The van der Waals surface area contributed by atoms with E-state index in [0.29, 0.717) is 12.1 Å². The number of aromatic nitrogens is 2. The number of ether oxygens (including phenoxy) is 1. The highest BCUT2D eigenvalue weighted by molar-refractivity contribution is 5.66. The molecule has 29 heavy (non-hydrogen) atoms. The molecule has 0 bridgehead atoms. The molecular formula is C17H15F6N3O3. The number of carboxylic acid groups (broad SMARTS) is 1. The summed E-state index contributed by atoms with van der Waals surface area (Å²) in [6, 6.07) is 1.28. The number of hydrogen-bond donors (Lipinski definition) is 2. The summed E-state index contributed by atoms with van der Waals surface area (Å²) in [6.07, 6.45) is -7.17. The van der Waals surface area contributed by atoms with Crippen molar-refractivity contribution < 1.29 is 41.0 Å². The SMILES string of the molecule is O=C(O)CCCOc1cnc(NCc2cc(C(F)(F)F)cc(C(F)(F)F)c2)nc1. The fraction of sp³-hybridized carbons (Fsp3) is 0.353. The molecule has 2 aromatic rings. The maximum Gasteiger partial charge on any atom is 0.416 e. The fourth-order valence-electron chi connectivity index (χ4n) is 2.20. The first kappa shape index (κ1) is 22.2. The molecular weight excluding hydrogens is 408 g/mol. The molecule has 0 atom stereocenters. The van der Waals surface area contributed by atoms with Gasteiger partial charge in [0.1, 0.15) is 0 Å². The number of nitrogens with one attached hydrogen (secondary N) is 1. The number of carboxylic acids is 1. The van der Waals surface area contributed by atoms with E-state index in [0.717, 1.165) is 0 Å². The topological polar surface area (TPSA) is 84.3 Å². The van der Waals surface area contributed by atoms with Gasteiger partial charge in [0.25, 0.3) is 0 Å². The lowest BCUT2D eigenvalue weighted by molar-refractivity contribution is -0.143. The summed E-state index contributed by atoms with van der Waals surface area (Å²) in [5.74, 6) is -0.763. The zero-order valence-corrected chi connectivity index (χ0v) is 14.6. The maximum atomic E-state index is 12.9. The number of nitrogens with zero attached hydrogens (tertiary/aromatic N) is 2. The van der Waals surface area contributed by atoms with Crippen molar-refractivity contribution in [1.82, 2.24) is 9.97 Å². The number of carbonyl (C=O) groups is 1. The summed E-state index contributed by atoms with van der Waals surface area (Å²) in [7, 11) is 0. The van der Waals surface area contributed by atoms with Gasteiger partial charge < -0.3 is 15.2 Å². The van der Waals surface area contributed by atoms with Gasteiger partial charge in [-0.05, 0) is 30.2 Å². The van der Waals surface area contributed by atoms with Gasteiger partial charge in [-0.1, -0.05) is 0 Å². The number of aliphatic carboxylic acids is 1. The Hall–Kier alpha value is -3.05. The number of alkyl halides is 6. The van der Waals surface area contributed by atoms with Crippen molar-refractivity contribution in [3.8, 4) is 5.75 Å². The highest BCUT2D eigenvalue weighted by Crippen LogP contribution is 2.36. The Kier molecular flexibility index (Phi) is 6.88. The smallest absolute Gasteiger partial charge is 0.416 e. The Morgan fingerprint density at radius 1 is 1.00 bits per heavy atom. The molecule has 0 amide bonds. The lowest BCUT2D eigenvalue weighted by atomic mass is 10.0. The highest BCUT2D eigenvalue weighted by atomic mass is 19.4. The van der Waals surface area contributed by atoms with Gasteiger partial charge in [-0.3, -0.25) is 4.79 Å². The van der Waals surface area contributed by atoms with Gasteiger partial charge in [0, 0.05) is 13.0 Å². The molecule has 0 fully saturated rings. The normalized spacial score (nSPS) is 11.9. The van der Waals surface area contributed by atoms with Crippen LogP contribution in [0, 0.1) is 0 Å². The Labute approximate surface area is 160 Å². The maximum absolute atomic E-state index is 12.9. The molecule has 2 N–H and O–H groups in total. The fourth-order valence-corrected chi connectivity index (χ4v) is 2.20. The van der Waals surface area contributed by atoms with Crippen LogP contribution < -0.4 is 10.1 Å². The van der Waals surface area contributed by atoms with E-state index >= 15 is 0 Å². The van der Waals surface area contributed by atoms with Crippen LogP contribution in [0.3, 0.4) is 0 Å². The molecule has 2 rings (SSSR count). The first-order chi connectivity index (χ1) is 13.4. The second kappa shape index (κ2) is 8.97. The summed E-state index contributed by atoms with van der Waals surface area (Å²) < 4.78 is 82.4. The van der Waals surface area contributed by atoms with Crippen LogP contribution >= 0.6 is 0 Å². The molecule has 1 heterocycles. The first-order valence-electron chi connectivity index (χ1n) is 8.14. The van der Waals surface area contributed by atoms with Crippen LogP contribution in [-0.2, 0) is 23.7 Å². The second-order valence-corrected chi connectivity index (χ2v) is 5.86. The van der Waals surface area contributed by atoms with Crippen molar-refractivity contribution >= 4 is 11.9 Å². The predicted octanol–water partition coefficient (Wildman–Crippen LogP) is 4.37. The number of benzene rings is 1. The predicted molar refractivity (Wildman–Crippen MR) is 88.2 cm³/mol. The molecule has 0 saturated heterocycles.